The van der Waals surface area contributed by atoms with Crippen LogP contribution in [0.5, 0.6) is 0 Å². The maximum absolute atomic E-state index is 4.92. The fourth-order valence-corrected chi connectivity index (χ4v) is 4.59. The molecule has 1 atom stereocenters. The molecule has 0 amide bonds. The third-order valence-corrected chi connectivity index (χ3v) is 6.37. The van der Waals surface area contributed by atoms with Crippen molar-refractivity contribution in [2.45, 2.75) is 39.5 Å². The molecular formula is C23H32N3S+. The third kappa shape index (κ3) is 4.86. The Balaban J connectivity index is 1.83. The molecule has 2 aliphatic carbocycles. The van der Waals surface area contributed by atoms with Gasteiger partial charge in [0.15, 0.2) is 0 Å². The van der Waals surface area contributed by atoms with Crippen LogP contribution < -0.4 is 9.93 Å². The lowest BCUT2D eigenvalue weighted by molar-refractivity contribution is 0.337. The molecule has 0 aromatic carbocycles. The fourth-order valence-electron chi connectivity index (χ4n) is 3.54. The molecule has 0 N–H and O–H groups in total. The van der Waals surface area contributed by atoms with Crippen LogP contribution in [0, 0.1) is 5.92 Å². The summed E-state index contributed by atoms with van der Waals surface area (Å²) >= 11 is 1.87. The molecule has 0 aromatic rings. The zero-order valence-electron chi connectivity index (χ0n) is 17.3. The lowest BCUT2D eigenvalue weighted by atomic mass is 10.0. The Bertz CT molecular complexity index is 887. The highest BCUT2D eigenvalue weighted by Gasteiger charge is 2.15. The molecular weight excluding hydrogens is 350 g/mol. The second-order valence-corrected chi connectivity index (χ2v) is 9.00. The van der Waals surface area contributed by atoms with Crippen molar-refractivity contribution in [3.8, 4) is 10.6 Å². The number of allylic oxidation sites excluding steroid dienone is 2. The van der Waals surface area contributed by atoms with Crippen molar-refractivity contribution in [1.29, 1.82) is 0 Å². The molecule has 1 unspecified atom stereocenters. The molecule has 3 rings (SSSR count). The molecule has 3 aliphatic rings. The minimum Gasteiger partial charge on any atom is -0.375 e. The molecule has 3 nitrogen and oxygen atoms in total. The summed E-state index contributed by atoms with van der Waals surface area (Å²) < 4.78 is 2.14. The highest BCUT2D eigenvalue weighted by Crippen LogP contribution is 2.30. The largest absolute Gasteiger partial charge is 0.375 e. The first kappa shape index (κ1) is 19.8. The van der Waals surface area contributed by atoms with Crippen LogP contribution in [0.15, 0.2) is 36.0 Å². The smallest absolute Gasteiger partial charge is 0.201 e. The topological polar surface area (TPSA) is 19.1 Å². The quantitative estimate of drug-likeness (QED) is 0.686. The monoisotopic (exact) mass is 382 g/mol. The van der Waals surface area contributed by atoms with Gasteiger partial charge in [-0.25, -0.2) is 9.56 Å². The summed E-state index contributed by atoms with van der Waals surface area (Å²) in [7, 11) is 6.38. The van der Waals surface area contributed by atoms with Crippen molar-refractivity contribution < 1.29 is 0 Å². The van der Waals surface area contributed by atoms with Crippen molar-refractivity contribution in [2.24, 2.45) is 5.92 Å². The molecule has 0 saturated carbocycles. The maximum atomic E-state index is 4.92. The predicted octanol–water partition coefficient (Wildman–Crippen LogP) is 4.49. The Kier molecular flexibility index (Phi) is 6.48. The Labute approximate surface area is 167 Å². The van der Waals surface area contributed by atoms with Gasteiger partial charge in [-0.3, -0.25) is 0 Å². The highest BCUT2D eigenvalue weighted by molar-refractivity contribution is 7.15. The van der Waals surface area contributed by atoms with Gasteiger partial charge in [-0.1, -0.05) is 32.8 Å². The fraction of sp³-hybridized carbons (Fsp3) is 0.478. The van der Waals surface area contributed by atoms with Crippen molar-refractivity contribution >= 4 is 17.4 Å². The van der Waals surface area contributed by atoms with Crippen molar-refractivity contribution in [2.75, 3.05) is 27.7 Å². The van der Waals surface area contributed by atoms with Crippen molar-refractivity contribution in [1.82, 2.24) is 14.5 Å². The number of hydrogen-bond acceptors (Lipinski definition) is 3. The molecule has 144 valence electrons. The summed E-state index contributed by atoms with van der Waals surface area (Å²) in [5, 5.41) is 1.22. The lowest BCUT2D eigenvalue weighted by Crippen LogP contribution is -2.23. The number of likely N-dealkylation sites (N-methyl/N-ethyl adjacent to an activating group) is 1. The van der Waals surface area contributed by atoms with E-state index in [0.29, 0.717) is 0 Å². The summed E-state index contributed by atoms with van der Waals surface area (Å²) in [4.78, 5) is 9.93. The van der Waals surface area contributed by atoms with E-state index in [1.165, 1.54) is 40.1 Å². The van der Waals surface area contributed by atoms with Crippen LogP contribution in [0.3, 0.4) is 0 Å². The van der Waals surface area contributed by atoms with E-state index >= 15 is 0 Å². The van der Waals surface area contributed by atoms with Crippen LogP contribution >= 0.6 is 11.3 Å². The average molecular weight is 383 g/mol. The van der Waals surface area contributed by atoms with Crippen LogP contribution in [0.25, 0.3) is 16.6 Å². The number of rotatable bonds is 6. The minimum atomic E-state index is 0.725. The van der Waals surface area contributed by atoms with Crippen molar-refractivity contribution in [3.05, 3.63) is 52.0 Å². The molecule has 0 radical (unpaired) electrons. The first-order valence-electron chi connectivity index (χ1n) is 10.0. The molecule has 0 spiro atoms. The van der Waals surface area contributed by atoms with E-state index < -0.39 is 0 Å². The summed E-state index contributed by atoms with van der Waals surface area (Å²) in [6.45, 7) is 5.74. The Morgan fingerprint density at radius 2 is 2.07 bits per heavy atom. The highest BCUT2D eigenvalue weighted by atomic mass is 32.1. The van der Waals surface area contributed by atoms with E-state index in [0.717, 1.165) is 30.3 Å². The zero-order chi connectivity index (χ0) is 19.4. The number of benzene rings is 1. The SMILES string of the molecule is CCCCC(C)CN(C)C1=CCc2sc3cc(=[N+](C)C)ccc-3nc2C=C1. The molecule has 4 heteroatoms. The van der Waals surface area contributed by atoms with E-state index in [2.05, 4.69) is 80.9 Å². The van der Waals surface area contributed by atoms with Crippen LogP contribution in [-0.4, -0.2) is 37.6 Å². The van der Waals surface area contributed by atoms with Gasteiger partial charge in [-0.15, -0.1) is 11.3 Å². The summed E-state index contributed by atoms with van der Waals surface area (Å²) in [6, 6.07) is 6.52. The molecule has 0 aromatic heterocycles. The van der Waals surface area contributed by atoms with E-state index in [1.54, 1.807) is 0 Å². The van der Waals surface area contributed by atoms with Crippen LogP contribution in [0.4, 0.5) is 0 Å². The van der Waals surface area contributed by atoms with E-state index in [1.807, 2.05) is 11.3 Å². The van der Waals surface area contributed by atoms with E-state index in [9.17, 15) is 0 Å². The standard InChI is InChI=1S/C23H32N3S/c1-6-7-8-17(2)16-26(5)18-9-12-20-22(14-11-18)27-23-15-19(25(3)4)10-13-21(23)24-20/h9-13,15,17H,6-8,14,16H2,1-5H3/q+1. The third-order valence-electron chi connectivity index (χ3n) is 5.20. The Hall–Kier alpha value is -1.94. The van der Waals surface area contributed by atoms with E-state index in [4.69, 9.17) is 4.98 Å². The summed E-state index contributed by atoms with van der Waals surface area (Å²) in [5.41, 5.74) is 3.50. The van der Waals surface area contributed by atoms with Gasteiger partial charge >= 0.3 is 0 Å². The zero-order valence-corrected chi connectivity index (χ0v) is 18.1. The number of nitrogens with zero attached hydrogens (tertiary/aromatic N) is 3. The molecule has 0 saturated heterocycles. The van der Waals surface area contributed by atoms with Gasteiger partial charge in [-0.2, -0.15) is 0 Å². The number of aromatic nitrogens is 1. The molecule has 27 heavy (non-hydrogen) atoms. The molecule has 1 heterocycles. The number of hydrogen-bond donors (Lipinski definition) is 0. The second kappa shape index (κ2) is 8.83. The maximum Gasteiger partial charge on any atom is 0.201 e. The molecule has 0 bridgehead atoms. The van der Waals surface area contributed by atoms with Gasteiger partial charge in [0.25, 0.3) is 0 Å². The van der Waals surface area contributed by atoms with Gasteiger partial charge in [0, 0.05) is 42.7 Å². The van der Waals surface area contributed by atoms with Gasteiger partial charge in [-0.05, 0) is 30.6 Å². The Morgan fingerprint density at radius 1 is 1.26 bits per heavy atom. The van der Waals surface area contributed by atoms with Gasteiger partial charge in [0.2, 0.25) is 5.36 Å². The minimum absolute atomic E-state index is 0.725. The normalized spacial score (nSPS) is 14.5. The van der Waals surface area contributed by atoms with Gasteiger partial charge < -0.3 is 4.90 Å². The Morgan fingerprint density at radius 3 is 2.81 bits per heavy atom. The summed E-state index contributed by atoms with van der Waals surface area (Å²) in [6.07, 6.45) is 11.6. The van der Waals surface area contributed by atoms with Crippen molar-refractivity contribution in [3.63, 3.8) is 0 Å². The van der Waals surface area contributed by atoms with E-state index in [-0.39, 0.29) is 0 Å². The second-order valence-electron chi connectivity index (χ2n) is 7.86. The molecule has 0 fully saturated rings. The molecule has 1 aliphatic heterocycles. The van der Waals surface area contributed by atoms with Crippen LogP contribution in [0.2, 0.25) is 0 Å². The summed E-state index contributed by atoms with van der Waals surface area (Å²) in [5.74, 6) is 0.725. The van der Waals surface area contributed by atoms with Gasteiger partial charge in [0.05, 0.1) is 16.3 Å². The first-order chi connectivity index (χ1) is 13.0. The predicted molar refractivity (Wildman–Crippen MR) is 118 cm³/mol. The first-order valence-corrected chi connectivity index (χ1v) is 10.8. The number of unbranched alkanes of at least 4 members (excludes halogenated alkanes) is 1. The number of fused-ring (bicyclic) bond motifs is 2. The van der Waals surface area contributed by atoms with Crippen LogP contribution in [-0.2, 0) is 6.42 Å². The van der Waals surface area contributed by atoms with Crippen LogP contribution in [0.1, 0.15) is 43.7 Å². The van der Waals surface area contributed by atoms with Gasteiger partial charge in [0.1, 0.15) is 14.1 Å². The average Bonchev–Trinajstić information content (AvgIpc) is 2.86. The lowest BCUT2D eigenvalue weighted by Gasteiger charge is -2.24.